The molecule has 1 aromatic carbocycles. The molecule has 1 aliphatic rings. The Labute approximate surface area is 149 Å². The summed E-state index contributed by atoms with van der Waals surface area (Å²) in [5.41, 5.74) is 6.72. The van der Waals surface area contributed by atoms with Crippen LogP contribution in [0.5, 0.6) is 0 Å². The Morgan fingerprint density at radius 2 is 1.96 bits per heavy atom. The molecular formula is C19H29N3O3. The predicted octanol–water partition coefficient (Wildman–Crippen LogP) is 2.42. The van der Waals surface area contributed by atoms with Crippen LogP contribution < -0.4 is 11.1 Å². The summed E-state index contributed by atoms with van der Waals surface area (Å²) in [6.07, 6.45) is 3.35. The first-order chi connectivity index (χ1) is 12.0. The minimum Gasteiger partial charge on any atom is -0.445 e. The number of nitrogens with one attached hydrogen (secondary N) is 1. The number of hydrogen-bond donors (Lipinski definition) is 2. The van der Waals surface area contributed by atoms with Gasteiger partial charge in [0.1, 0.15) is 6.61 Å². The molecule has 3 atom stereocenters. The van der Waals surface area contributed by atoms with E-state index < -0.39 is 12.1 Å². The van der Waals surface area contributed by atoms with Crippen molar-refractivity contribution in [1.29, 1.82) is 0 Å². The van der Waals surface area contributed by atoms with Crippen LogP contribution in [0, 0.1) is 0 Å². The van der Waals surface area contributed by atoms with Crippen molar-refractivity contribution in [2.45, 2.75) is 64.3 Å². The van der Waals surface area contributed by atoms with Gasteiger partial charge in [-0.05, 0) is 32.3 Å². The second kappa shape index (κ2) is 9.42. The molecule has 0 aromatic heterocycles. The number of alkyl carbamates (subject to hydrolysis) is 1. The maximum absolute atomic E-state index is 12.4. The number of ether oxygens (including phenoxy) is 1. The molecule has 0 heterocycles. The molecule has 25 heavy (non-hydrogen) atoms. The fourth-order valence-electron chi connectivity index (χ4n) is 3.38. The van der Waals surface area contributed by atoms with Crippen LogP contribution in [-0.4, -0.2) is 41.6 Å². The molecule has 138 valence electrons. The average molecular weight is 347 g/mol. The smallest absolute Gasteiger partial charge is 0.407 e. The molecular weight excluding hydrogens is 318 g/mol. The summed E-state index contributed by atoms with van der Waals surface area (Å²) >= 11 is 0. The van der Waals surface area contributed by atoms with E-state index >= 15 is 0 Å². The summed E-state index contributed by atoms with van der Waals surface area (Å²) in [5, 5.41) is 2.95. The quantitative estimate of drug-likeness (QED) is 0.828. The number of amides is 2. The van der Waals surface area contributed by atoms with E-state index in [-0.39, 0.29) is 24.6 Å². The van der Waals surface area contributed by atoms with Gasteiger partial charge in [-0.15, -0.1) is 0 Å². The van der Waals surface area contributed by atoms with Gasteiger partial charge in [0.15, 0.2) is 0 Å². The van der Waals surface area contributed by atoms with Crippen molar-refractivity contribution in [3.05, 3.63) is 35.9 Å². The minimum atomic E-state index is -0.535. The molecule has 1 aromatic rings. The number of carbonyl (C=O) groups is 2. The second-order valence-electron chi connectivity index (χ2n) is 6.58. The van der Waals surface area contributed by atoms with E-state index in [1.165, 1.54) is 0 Å². The topological polar surface area (TPSA) is 84.7 Å². The number of carbonyl (C=O) groups excluding carboxylic acids is 2. The first-order valence-electron chi connectivity index (χ1n) is 9.06. The van der Waals surface area contributed by atoms with Crippen molar-refractivity contribution >= 4 is 12.0 Å². The fourth-order valence-corrected chi connectivity index (χ4v) is 3.38. The summed E-state index contributed by atoms with van der Waals surface area (Å²) in [6, 6.07) is 8.91. The van der Waals surface area contributed by atoms with Crippen LogP contribution in [0.3, 0.4) is 0 Å². The first-order valence-corrected chi connectivity index (χ1v) is 9.06. The van der Waals surface area contributed by atoms with Gasteiger partial charge in [-0.1, -0.05) is 43.2 Å². The Bertz CT molecular complexity index is 562. The Morgan fingerprint density at radius 3 is 2.60 bits per heavy atom. The molecule has 1 saturated carbocycles. The van der Waals surface area contributed by atoms with E-state index in [0.29, 0.717) is 6.54 Å². The minimum absolute atomic E-state index is 0.0264. The Balaban J connectivity index is 1.95. The zero-order valence-corrected chi connectivity index (χ0v) is 15.1. The zero-order valence-electron chi connectivity index (χ0n) is 15.1. The molecule has 1 aliphatic carbocycles. The first kappa shape index (κ1) is 19.2. The van der Waals surface area contributed by atoms with Gasteiger partial charge in [0.25, 0.3) is 0 Å². The van der Waals surface area contributed by atoms with Crippen LogP contribution in [0.1, 0.15) is 45.1 Å². The van der Waals surface area contributed by atoms with E-state index in [1.54, 1.807) is 11.8 Å². The number of nitrogens with zero attached hydrogens (tertiary/aromatic N) is 1. The highest BCUT2D eigenvalue weighted by atomic mass is 16.5. The van der Waals surface area contributed by atoms with E-state index in [9.17, 15) is 9.59 Å². The summed E-state index contributed by atoms with van der Waals surface area (Å²) < 4.78 is 5.32. The van der Waals surface area contributed by atoms with Crippen LogP contribution in [0.4, 0.5) is 4.79 Å². The van der Waals surface area contributed by atoms with Gasteiger partial charge < -0.3 is 20.7 Å². The van der Waals surface area contributed by atoms with Crippen molar-refractivity contribution in [3.8, 4) is 0 Å². The van der Waals surface area contributed by atoms with Gasteiger partial charge in [0, 0.05) is 6.54 Å². The maximum atomic E-state index is 12.4. The van der Waals surface area contributed by atoms with Crippen molar-refractivity contribution in [3.63, 3.8) is 0 Å². The number of rotatable bonds is 6. The maximum Gasteiger partial charge on any atom is 0.407 e. The van der Waals surface area contributed by atoms with E-state index in [4.69, 9.17) is 10.5 Å². The van der Waals surface area contributed by atoms with E-state index in [2.05, 4.69) is 5.32 Å². The summed E-state index contributed by atoms with van der Waals surface area (Å²) in [7, 11) is 0. The van der Waals surface area contributed by atoms with Gasteiger partial charge in [-0.2, -0.15) is 0 Å². The molecule has 0 spiro atoms. The number of hydrogen-bond acceptors (Lipinski definition) is 4. The number of benzene rings is 1. The van der Waals surface area contributed by atoms with Crippen LogP contribution >= 0.6 is 0 Å². The zero-order chi connectivity index (χ0) is 18.2. The molecule has 6 nitrogen and oxygen atoms in total. The predicted molar refractivity (Wildman–Crippen MR) is 96.8 cm³/mol. The molecule has 6 heteroatoms. The van der Waals surface area contributed by atoms with Crippen molar-refractivity contribution in [2.24, 2.45) is 5.73 Å². The average Bonchev–Trinajstić information content (AvgIpc) is 2.62. The number of likely N-dealkylation sites (N-methyl/N-ethyl adjacent to an activating group) is 1. The molecule has 3 N–H and O–H groups in total. The van der Waals surface area contributed by atoms with Gasteiger partial charge >= 0.3 is 6.09 Å². The van der Waals surface area contributed by atoms with Crippen LogP contribution in [0.25, 0.3) is 0 Å². The van der Waals surface area contributed by atoms with Crippen LogP contribution in [0.15, 0.2) is 30.3 Å². The third-order valence-corrected chi connectivity index (χ3v) is 4.66. The van der Waals surface area contributed by atoms with Crippen molar-refractivity contribution < 1.29 is 14.3 Å². The third kappa shape index (κ3) is 5.46. The second-order valence-corrected chi connectivity index (χ2v) is 6.58. The molecule has 2 amide bonds. The van der Waals surface area contributed by atoms with Crippen molar-refractivity contribution in [2.75, 3.05) is 6.54 Å². The molecule has 1 fully saturated rings. The summed E-state index contributed by atoms with van der Waals surface area (Å²) in [6.45, 7) is 4.46. The lowest BCUT2D eigenvalue weighted by Crippen LogP contribution is -2.57. The molecule has 0 unspecified atom stereocenters. The Morgan fingerprint density at radius 1 is 1.28 bits per heavy atom. The van der Waals surface area contributed by atoms with Crippen LogP contribution in [0.2, 0.25) is 0 Å². The van der Waals surface area contributed by atoms with Gasteiger partial charge in [0.2, 0.25) is 5.91 Å². The lowest BCUT2D eigenvalue weighted by atomic mass is 9.89. The highest BCUT2D eigenvalue weighted by molar-refractivity contribution is 5.81. The van der Waals surface area contributed by atoms with Gasteiger partial charge in [-0.3, -0.25) is 4.79 Å². The highest BCUT2D eigenvalue weighted by Crippen LogP contribution is 2.24. The Hall–Kier alpha value is -2.08. The molecule has 0 aliphatic heterocycles. The third-order valence-electron chi connectivity index (χ3n) is 4.66. The molecule has 0 radical (unpaired) electrons. The van der Waals surface area contributed by atoms with E-state index in [0.717, 1.165) is 31.2 Å². The van der Waals surface area contributed by atoms with Gasteiger partial charge in [-0.25, -0.2) is 4.79 Å². The largest absolute Gasteiger partial charge is 0.445 e. The van der Waals surface area contributed by atoms with E-state index in [1.807, 2.05) is 37.3 Å². The monoisotopic (exact) mass is 347 g/mol. The SMILES string of the molecule is CCN(C(=O)[C@H](C)N)[C@@H]1CCCC[C@H]1NC(=O)OCc1ccccc1. The highest BCUT2D eigenvalue weighted by Gasteiger charge is 2.34. The normalized spacial score (nSPS) is 21.2. The van der Waals surface area contributed by atoms with Gasteiger partial charge in [0.05, 0.1) is 18.1 Å². The molecule has 0 bridgehead atoms. The summed E-state index contributed by atoms with van der Waals surface area (Å²) in [5.74, 6) is -0.0705. The number of nitrogens with two attached hydrogens (primary N) is 1. The Kier molecular flexibility index (Phi) is 7.25. The molecule has 2 rings (SSSR count). The van der Waals surface area contributed by atoms with Crippen molar-refractivity contribution in [1.82, 2.24) is 10.2 Å². The lowest BCUT2D eigenvalue weighted by molar-refractivity contribution is -0.135. The lowest BCUT2D eigenvalue weighted by Gasteiger charge is -2.40. The van der Waals surface area contributed by atoms with Crippen LogP contribution in [-0.2, 0) is 16.1 Å². The fraction of sp³-hybridized carbons (Fsp3) is 0.579. The summed E-state index contributed by atoms with van der Waals surface area (Å²) in [4.78, 5) is 26.4. The standard InChI is InChI=1S/C19H29N3O3/c1-3-22(18(23)14(2)20)17-12-8-7-11-16(17)21-19(24)25-13-15-9-5-4-6-10-15/h4-6,9-10,14,16-17H,3,7-8,11-13,20H2,1-2H3,(H,21,24)/t14-,16+,17+/m0/s1. The molecule has 0 saturated heterocycles.